The lowest BCUT2D eigenvalue weighted by Crippen LogP contribution is -2.06. The summed E-state index contributed by atoms with van der Waals surface area (Å²) in [5.74, 6) is 5.35. The summed E-state index contributed by atoms with van der Waals surface area (Å²) in [4.78, 5) is 10.0. The third-order valence-corrected chi connectivity index (χ3v) is 1.49. The van der Waals surface area contributed by atoms with Crippen molar-refractivity contribution in [3.63, 3.8) is 0 Å². The highest BCUT2D eigenvalue weighted by atomic mass is 16.1. The molecule has 0 aliphatic rings. The Labute approximate surface area is 74.9 Å². The Morgan fingerprint density at radius 1 is 1.42 bits per heavy atom. The molecule has 0 fully saturated rings. The highest BCUT2D eigenvalue weighted by Gasteiger charge is 2.11. The smallest absolute Gasteiger partial charge is 0.192 e. The average molecular weight is 164 g/mol. The number of carbonyl (C=O) groups is 1. The Bertz CT molecular complexity index is 231. The monoisotopic (exact) mass is 164 g/mol. The van der Waals surface area contributed by atoms with Gasteiger partial charge in [-0.25, -0.2) is 0 Å². The van der Waals surface area contributed by atoms with Gasteiger partial charge in [0.2, 0.25) is 0 Å². The first kappa shape index (κ1) is 11.0. The molecule has 0 aromatic carbocycles. The van der Waals surface area contributed by atoms with Gasteiger partial charge in [0.15, 0.2) is 6.29 Å². The van der Waals surface area contributed by atoms with Crippen LogP contribution in [0.25, 0.3) is 0 Å². The summed E-state index contributed by atoms with van der Waals surface area (Å²) in [6.07, 6.45) is 3.68. The maximum atomic E-state index is 10.0. The summed E-state index contributed by atoms with van der Waals surface area (Å²) in [7, 11) is 0. The van der Waals surface area contributed by atoms with Gasteiger partial charge in [-0.15, -0.1) is 0 Å². The van der Waals surface area contributed by atoms with E-state index in [4.69, 9.17) is 0 Å². The highest BCUT2D eigenvalue weighted by molar-refractivity contribution is 5.72. The van der Waals surface area contributed by atoms with Crippen LogP contribution in [0.2, 0.25) is 0 Å². The SMILES string of the molecule is CC(C)=CCC(C)(C)C#CC=O. The van der Waals surface area contributed by atoms with E-state index in [9.17, 15) is 4.79 Å². The first-order chi connectivity index (χ1) is 5.48. The molecule has 0 amide bonds. The van der Waals surface area contributed by atoms with E-state index in [-0.39, 0.29) is 5.41 Å². The molecule has 0 radical (unpaired) electrons. The molecule has 1 nitrogen and oxygen atoms in total. The standard InChI is InChI=1S/C11H16O/c1-10(2)6-8-11(3,4)7-5-9-12/h6,9H,8H2,1-4H3. The van der Waals surface area contributed by atoms with Crippen LogP contribution in [0.5, 0.6) is 0 Å². The third kappa shape index (κ3) is 5.73. The Hall–Kier alpha value is -1.03. The number of rotatable bonds is 2. The van der Waals surface area contributed by atoms with Gasteiger partial charge in [0.05, 0.1) is 0 Å². The van der Waals surface area contributed by atoms with Crippen LogP contribution in [0.15, 0.2) is 11.6 Å². The van der Waals surface area contributed by atoms with Crippen molar-refractivity contribution in [1.82, 2.24) is 0 Å². The minimum Gasteiger partial charge on any atom is -0.289 e. The quantitative estimate of drug-likeness (QED) is 0.348. The van der Waals surface area contributed by atoms with E-state index in [0.29, 0.717) is 6.29 Å². The molecule has 0 rings (SSSR count). The van der Waals surface area contributed by atoms with Crippen LogP contribution < -0.4 is 0 Å². The van der Waals surface area contributed by atoms with E-state index < -0.39 is 0 Å². The van der Waals surface area contributed by atoms with Crippen LogP contribution in [0.3, 0.4) is 0 Å². The molecule has 66 valence electrons. The van der Waals surface area contributed by atoms with Gasteiger partial charge in [-0.1, -0.05) is 17.6 Å². The lowest BCUT2D eigenvalue weighted by atomic mass is 9.89. The molecule has 0 unspecified atom stereocenters. The fourth-order valence-electron chi connectivity index (χ4n) is 0.735. The Morgan fingerprint density at radius 3 is 2.42 bits per heavy atom. The molecule has 0 aromatic heterocycles. The van der Waals surface area contributed by atoms with Crippen molar-refractivity contribution >= 4 is 6.29 Å². The molecule has 0 spiro atoms. The fourth-order valence-corrected chi connectivity index (χ4v) is 0.735. The largest absolute Gasteiger partial charge is 0.289 e. The van der Waals surface area contributed by atoms with Gasteiger partial charge >= 0.3 is 0 Å². The van der Waals surface area contributed by atoms with Gasteiger partial charge in [0.25, 0.3) is 0 Å². The maximum Gasteiger partial charge on any atom is 0.192 e. The second-order valence-corrected chi connectivity index (χ2v) is 3.76. The van der Waals surface area contributed by atoms with Crippen LogP contribution in [-0.4, -0.2) is 6.29 Å². The molecule has 0 heterocycles. The summed E-state index contributed by atoms with van der Waals surface area (Å²) in [6, 6.07) is 0. The molecule has 0 aliphatic heterocycles. The Kier molecular flexibility index (Phi) is 4.36. The van der Waals surface area contributed by atoms with Gasteiger partial charge in [-0.05, 0) is 40.0 Å². The van der Waals surface area contributed by atoms with E-state index in [1.807, 2.05) is 13.8 Å². The van der Waals surface area contributed by atoms with Gasteiger partial charge in [0, 0.05) is 5.41 Å². The summed E-state index contributed by atoms with van der Waals surface area (Å²) in [5.41, 5.74) is 1.20. The highest BCUT2D eigenvalue weighted by Crippen LogP contribution is 2.19. The van der Waals surface area contributed by atoms with E-state index >= 15 is 0 Å². The molecule has 1 heteroatoms. The van der Waals surface area contributed by atoms with Crippen LogP contribution in [0.4, 0.5) is 0 Å². The molecule has 0 bridgehead atoms. The van der Waals surface area contributed by atoms with E-state index in [2.05, 4.69) is 31.8 Å². The van der Waals surface area contributed by atoms with Crippen molar-refractivity contribution in [2.24, 2.45) is 5.41 Å². The molecule has 0 aliphatic carbocycles. The van der Waals surface area contributed by atoms with Crippen molar-refractivity contribution in [3.05, 3.63) is 11.6 Å². The first-order valence-corrected chi connectivity index (χ1v) is 4.07. The van der Waals surface area contributed by atoms with Gasteiger partial charge in [-0.3, -0.25) is 4.79 Å². The summed E-state index contributed by atoms with van der Waals surface area (Å²) in [5, 5.41) is 0. The zero-order valence-corrected chi connectivity index (χ0v) is 8.27. The predicted octanol–water partition coefficient (Wildman–Crippen LogP) is 2.57. The molecule has 0 saturated carbocycles. The van der Waals surface area contributed by atoms with E-state index in [1.165, 1.54) is 5.57 Å². The van der Waals surface area contributed by atoms with E-state index in [0.717, 1.165) is 6.42 Å². The zero-order valence-electron chi connectivity index (χ0n) is 8.27. The van der Waals surface area contributed by atoms with Crippen molar-refractivity contribution in [2.75, 3.05) is 0 Å². The Morgan fingerprint density at radius 2 is 2.00 bits per heavy atom. The van der Waals surface area contributed by atoms with E-state index in [1.54, 1.807) is 0 Å². The van der Waals surface area contributed by atoms with Crippen molar-refractivity contribution in [3.8, 4) is 11.8 Å². The number of carbonyl (C=O) groups excluding carboxylic acids is 1. The van der Waals surface area contributed by atoms with Gasteiger partial charge in [0.1, 0.15) is 0 Å². The minimum atomic E-state index is -0.0851. The van der Waals surface area contributed by atoms with Crippen LogP contribution >= 0.6 is 0 Å². The second-order valence-electron chi connectivity index (χ2n) is 3.76. The van der Waals surface area contributed by atoms with Gasteiger partial charge in [-0.2, -0.15) is 0 Å². The number of hydrogen-bond acceptors (Lipinski definition) is 1. The summed E-state index contributed by atoms with van der Waals surface area (Å²) >= 11 is 0. The molecule has 0 N–H and O–H groups in total. The zero-order chi connectivity index (χ0) is 9.61. The van der Waals surface area contributed by atoms with Gasteiger partial charge < -0.3 is 0 Å². The molecule has 0 saturated heterocycles. The Balaban J connectivity index is 4.22. The third-order valence-electron chi connectivity index (χ3n) is 1.49. The second kappa shape index (κ2) is 4.77. The summed E-state index contributed by atoms with van der Waals surface area (Å²) < 4.78 is 0. The van der Waals surface area contributed by atoms with Crippen LogP contribution in [0.1, 0.15) is 34.1 Å². The van der Waals surface area contributed by atoms with Crippen molar-refractivity contribution in [1.29, 1.82) is 0 Å². The van der Waals surface area contributed by atoms with Crippen molar-refractivity contribution in [2.45, 2.75) is 34.1 Å². The summed E-state index contributed by atoms with van der Waals surface area (Å²) in [6.45, 7) is 8.18. The lowest BCUT2D eigenvalue weighted by molar-refractivity contribution is -0.103. The number of allylic oxidation sites excluding steroid dienone is 2. The molecule has 0 aromatic rings. The van der Waals surface area contributed by atoms with Crippen LogP contribution in [-0.2, 0) is 4.79 Å². The lowest BCUT2D eigenvalue weighted by Gasteiger charge is -2.14. The topological polar surface area (TPSA) is 17.1 Å². The fraction of sp³-hybridized carbons (Fsp3) is 0.545. The minimum absolute atomic E-state index is 0.0851. The normalized spacial score (nSPS) is 9.67. The van der Waals surface area contributed by atoms with Crippen LogP contribution in [0, 0.1) is 17.3 Å². The maximum absolute atomic E-state index is 10.0. The molecule has 12 heavy (non-hydrogen) atoms. The number of hydrogen-bond donors (Lipinski definition) is 0. The van der Waals surface area contributed by atoms with Crippen molar-refractivity contribution < 1.29 is 4.79 Å². The molecular weight excluding hydrogens is 148 g/mol. The average Bonchev–Trinajstić information content (AvgIpc) is 1.98. The molecular formula is C11H16O. The predicted molar refractivity (Wildman–Crippen MR) is 51.7 cm³/mol. The molecule has 0 atom stereocenters. The first-order valence-electron chi connectivity index (χ1n) is 4.07. The number of aldehydes is 1.